The summed E-state index contributed by atoms with van der Waals surface area (Å²) in [7, 11) is 0. The van der Waals surface area contributed by atoms with Crippen LogP contribution in [0.3, 0.4) is 0 Å². The summed E-state index contributed by atoms with van der Waals surface area (Å²) >= 11 is 0. The van der Waals surface area contributed by atoms with Crippen LogP contribution in [-0.2, 0) is 4.74 Å². The number of aliphatic hydroxyl groups is 2. The third kappa shape index (κ3) is 17.8. The molecule has 0 aliphatic rings. The smallest absolute Gasteiger partial charge is 0.870 e. The largest absolute Gasteiger partial charge is 1.00 e. The fraction of sp³-hybridized carbons (Fsp3) is 1.00. The average molecular weight is 130 g/mol. The third-order valence-electron chi connectivity index (χ3n) is 0.471. The molecule has 52 valence electrons. The maximum atomic E-state index is 8.09. The van der Waals surface area contributed by atoms with Crippen LogP contribution in [0.4, 0.5) is 0 Å². The average Bonchev–Trinajstić information content (AvgIpc) is 1.69. The predicted molar refractivity (Wildman–Crippen MR) is 26.9 cm³/mol. The van der Waals surface area contributed by atoms with Crippen molar-refractivity contribution in [2.24, 2.45) is 0 Å². The maximum Gasteiger partial charge on any atom is 1.00 e. The van der Waals surface area contributed by atoms with Gasteiger partial charge in [0.1, 0.15) is 0 Å². The zero-order chi connectivity index (χ0) is 5.54. The van der Waals surface area contributed by atoms with Crippen molar-refractivity contribution in [1.29, 1.82) is 0 Å². The Balaban J connectivity index is -0.000000180. The summed E-state index contributed by atoms with van der Waals surface area (Å²) in [6, 6.07) is 0. The van der Waals surface area contributed by atoms with Crippen LogP contribution in [0.25, 0.3) is 0 Å². The zero-order valence-corrected chi connectivity index (χ0v) is 5.58. The first-order valence-corrected chi connectivity index (χ1v) is 2.21. The van der Waals surface area contributed by atoms with Gasteiger partial charge in [-0.25, -0.2) is 0 Å². The minimum absolute atomic E-state index is 0. The van der Waals surface area contributed by atoms with Crippen LogP contribution >= 0.6 is 0 Å². The van der Waals surface area contributed by atoms with E-state index in [4.69, 9.17) is 10.2 Å². The Kier molecular flexibility index (Phi) is 28.4. The van der Waals surface area contributed by atoms with Gasteiger partial charge in [0.05, 0.1) is 26.4 Å². The number of hydrogen-bond acceptors (Lipinski definition) is 4. The van der Waals surface area contributed by atoms with Crippen LogP contribution in [0.5, 0.6) is 0 Å². The molecular weight excluding hydrogens is 119 g/mol. The minimum Gasteiger partial charge on any atom is -0.870 e. The molecular formula is C4H11LiO4. The van der Waals surface area contributed by atoms with E-state index < -0.39 is 0 Å². The van der Waals surface area contributed by atoms with E-state index in [1.54, 1.807) is 0 Å². The Morgan fingerprint density at radius 2 is 1.33 bits per heavy atom. The summed E-state index contributed by atoms with van der Waals surface area (Å²) in [6.45, 7) is 0.696. The van der Waals surface area contributed by atoms with Crippen LogP contribution in [0.1, 0.15) is 0 Å². The number of ether oxygens (including phenoxy) is 1. The van der Waals surface area contributed by atoms with E-state index in [1.807, 2.05) is 0 Å². The van der Waals surface area contributed by atoms with Gasteiger partial charge in [0.25, 0.3) is 0 Å². The molecule has 0 aromatic carbocycles. The van der Waals surface area contributed by atoms with Gasteiger partial charge >= 0.3 is 18.9 Å². The van der Waals surface area contributed by atoms with E-state index in [-0.39, 0.29) is 37.6 Å². The van der Waals surface area contributed by atoms with E-state index in [9.17, 15) is 0 Å². The molecule has 0 aromatic rings. The van der Waals surface area contributed by atoms with Gasteiger partial charge < -0.3 is 20.4 Å². The van der Waals surface area contributed by atoms with Crippen molar-refractivity contribution in [1.82, 2.24) is 0 Å². The minimum atomic E-state index is 0. The van der Waals surface area contributed by atoms with E-state index in [0.717, 1.165) is 0 Å². The first kappa shape index (κ1) is 16.2. The molecule has 0 rings (SSSR count). The maximum absolute atomic E-state index is 8.09. The van der Waals surface area contributed by atoms with E-state index in [1.165, 1.54) is 0 Å². The molecule has 0 fully saturated rings. The summed E-state index contributed by atoms with van der Waals surface area (Å²) in [5, 5.41) is 16.2. The molecule has 0 aromatic heterocycles. The molecule has 0 heterocycles. The van der Waals surface area contributed by atoms with Crippen molar-refractivity contribution in [3.05, 3.63) is 0 Å². The van der Waals surface area contributed by atoms with Crippen LogP contribution in [0.15, 0.2) is 0 Å². The first-order valence-electron chi connectivity index (χ1n) is 2.21. The number of rotatable bonds is 4. The molecule has 9 heavy (non-hydrogen) atoms. The van der Waals surface area contributed by atoms with Crippen LogP contribution < -0.4 is 18.9 Å². The second-order valence-electron chi connectivity index (χ2n) is 1.06. The van der Waals surface area contributed by atoms with Crippen molar-refractivity contribution in [3.63, 3.8) is 0 Å². The summed E-state index contributed by atoms with van der Waals surface area (Å²) < 4.78 is 4.63. The van der Waals surface area contributed by atoms with Gasteiger partial charge in [-0.3, -0.25) is 0 Å². The molecule has 0 aliphatic heterocycles. The van der Waals surface area contributed by atoms with Crippen molar-refractivity contribution in [2.45, 2.75) is 0 Å². The Bertz CT molecular complexity index is 31.7. The summed E-state index contributed by atoms with van der Waals surface area (Å²) in [5.41, 5.74) is 0. The van der Waals surface area contributed by atoms with Gasteiger partial charge in [0.15, 0.2) is 0 Å². The Morgan fingerprint density at radius 3 is 1.56 bits per heavy atom. The molecule has 5 heteroatoms. The molecule has 0 unspecified atom stereocenters. The molecule has 0 saturated heterocycles. The topological polar surface area (TPSA) is 79.7 Å². The van der Waals surface area contributed by atoms with E-state index >= 15 is 0 Å². The SMILES string of the molecule is OCCOCCO.[Li+].[OH-]. The summed E-state index contributed by atoms with van der Waals surface area (Å²) in [5.74, 6) is 0. The molecule has 0 atom stereocenters. The molecule has 0 spiro atoms. The first-order chi connectivity index (χ1) is 3.41. The fourth-order valence-corrected chi connectivity index (χ4v) is 0.231. The van der Waals surface area contributed by atoms with Crippen molar-refractivity contribution in [2.75, 3.05) is 26.4 Å². The Hall–Kier alpha value is 0.437. The standard InChI is InChI=1S/C4H10O3.Li.H2O/c5-1-3-7-4-2-6;;/h5-6H,1-4H2;;1H2/q;+1;/p-1. The van der Waals surface area contributed by atoms with Gasteiger partial charge in [-0.2, -0.15) is 0 Å². The van der Waals surface area contributed by atoms with Crippen LogP contribution in [0.2, 0.25) is 0 Å². The zero-order valence-electron chi connectivity index (χ0n) is 5.58. The van der Waals surface area contributed by atoms with Crippen molar-refractivity contribution >= 4 is 0 Å². The molecule has 0 bridgehead atoms. The molecule has 3 N–H and O–H groups in total. The Labute approximate surface area is 66.3 Å². The molecule has 0 radical (unpaired) electrons. The van der Waals surface area contributed by atoms with E-state index in [2.05, 4.69) is 4.74 Å². The molecule has 0 amide bonds. The summed E-state index contributed by atoms with van der Waals surface area (Å²) in [6.07, 6.45) is 0. The monoisotopic (exact) mass is 130 g/mol. The fourth-order valence-electron chi connectivity index (χ4n) is 0.231. The van der Waals surface area contributed by atoms with Crippen LogP contribution in [-0.4, -0.2) is 42.1 Å². The molecule has 0 aliphatic carbocycles. The Morgan fingerprint density at radius 1 is 1.00 bits per heavy atom. The predicted octanol–water partition coefficient (Wildman–Crippen LogP) is -4.19. The van der Waals surface area contributed by atoms with Crippen molar-refractivity contribution < 1.29 is 39.3 Å². The normalized spacial score (nSPS) is 7.33. The van der Waals surface area contributed by atoms with Gasteiger partial charge in [-0.15, -0.1) is 0 Å². The summed E-state index contributed by atoms with van der Waals surface area (Å²) in [4.78, 5) is 0. The molecule has 4 nitrogen and oxygen atoms in total. The van der Waals surface area contributed by atoms with E-state index in [0.29, 0.717) is 13.2 Å². The van der Waals surface area contributed by atoms with Gasteiger partial charge in [-0.05, 0) is 0 Å². The van der Waals surface area contributed by atoms with Gasteiger partial charge in [0, 0.05) is 0 Å². The third-order valence-corrected chi connectivity index (χ3v) is 0.471. The quantitative estimate of drug-likeness (QED) is 0.299. The number of hydrogen-bond donors (Lipinski definition) is 2. The second kappa shape index (κ2) is 15.8. The second-order valence-corrected chi connectivity index (χ2v) is 1.06. The van der Waals surface area contributed by atoms with Crippen LogP contribution in [0, 0.1) is 0 Å². The van der Waals surface area contributed by atoms with Crippen molar-refractivity contribution in [3.8, 4) is 0 Å². The van der Waals surface area contributed by atoms with Gasteiger partial charge in [0.2, 0.25) is 0 Å². The molecule has 0 saturated carbocycles. The van der Waals surface area contributed by atoms with Gasteiger partial charge in [-0.1, -0.05) is 0 Å². The number of aliphatic hydroxyl groups excluding tert-OH is 2.